The normalized spacial score (nSPS) is 31.7. The van der Waals surface area contributed by atoms with Crippen molar-refractivity contribution in [3.05, 3.63) is 60.2 Å². The van der Waals surface area contributed by atoms with E-state index in [4.69, 9.17) is 9.47 Å². The molecule has 3 amide bonds. The second-order valence-corrected chi connectivity index (χ2v) is 12.8. The Morgan fingerprint density at radius 1 is 0.953 bits per heavy atom. The molecule has 0 aliphatic carbocycles. The SMILES string of the molecule is CC(C)C[C@H](CO)N1C(=O)[C@@H]2[C@H]3C(=O)N(Cc4ccccc4)CC=C[C@H]3O[C@@]23C=CCN(CCN2CCOCC2)C(=O)C13. The van der Waals surface area contributed by atoms with Gasteiger partial charge in [0.2, 0.25) is 17.7 Å². The number of fused-ring (bicyclic) bond motifs is 2. The molecule has 1 N–H and O–H groups in total. The molecule has 3 saturated heterocycles. The van der Waals surface area contributed by atoms with Crippen LogP contribution in [0.1, 0.15) is 25.8 Å². The number of carbonyl (C=O) groups is 3. The Bertz CT molecular complexity index is 1250. The van der Waals surface area contributed by atoms with E-state index in [0.717, 1.165) is 18.7 Å². The van der Waals surface area contributed by atoms with Crippen LogP contribution >= 0.6 is 0 Å². The molecule has 6 rings (SSSR count). The molecule has 1 spiro atoms. The van der Waals surface area contributed by atoms with Crippen molar-refractivity contribution in [1.82, 2.24) is 19.6 Å². The summed E-state index contributed by atoms with van der Waals surface area (Å²) in [5, 5.41) is 10.6. The zero-order valence-electron chi connectivity index (χ0n) is 25.2. The molecule has 0 aromatic heterocycles. The van der Waals surface area contributed by atoms with E-state index in [0.29, 0.717) is 52.4 Å². The number of hydrogen-bond donors (Lipinski definition) is 1. The van der Waals surface area contributed by atoms with Crippen LogP contribution in [0.4, 0.5) is 0 Å². The lowest BCUT2D eigenvalue weighted by atomic mass is 9.77. The van der Waals surface area contributed by atoms with Crippen molar-refractivity contribution in [2.24, 2.45) is 17.8 Å². The van der Waals surface area contributed by atoms with Gasteiger partial charge in [0.05, 0.1) is 43.8 Å². The van der Waals surface area contributed by atoms with Crippen molar-refractivity contribution in [3.8, 4) is 0 Å². The zero-order valence-corrected chi connectivity index (χ0v) is 25.2. The number of aliphatic hydroxyl groups is 1. The Balaban J connectivity index is 1.34. The quantitative estimate of drug-likeness (QED) is 0.432. The smallest absolute Gasteiger partial charge is 0.249 e. The fourth-order valence-electron chi connectivity index (χ4n) is 7.62. The van der Waals surface area contributed by atoms with Crippen LogP contribution in [-0.4, -0.2) is 125 Å². The Hall–Kier alpha value is -3.05. The first-order chi connectivity index (χ1) is 20.8. The van der Waals surface area contributed by atoms with Crippen LogP contribution in [0.3, 0.4) is 0 Å². The lowest BCUT2D eigenvalue weighted by Gasteiger charge is -2.39. The molecule has 10 heteroatoms. The highest BCUT2D eigenvalue weighted by Crippen LogP contribution is 2.54. The van der Waals surface area contributed by atoms with Gasteiger partial charge in [-0.15, -0.1) is 0 Å². The maximum absolute atomic E-state index is 14.6. The fraction of sp³-hybridized carbons (Fsp3) is 0.606. The van der Waals surface area contributed by atoms with Crippen LogP contribution in [0.25, 0.3) is 0 Å². The second-order valence-electron chi connectivity index (χ2n) is 12.8. The number of ether oxygens (including phenoxy) is 2. The van der Waals surface area contributed by atoms with Crippen molar-refractivity contribution in [3.63, 3.8) is 0 Å². The summed E-state index contributed by atoms with van der Waals surface area (Å²) >= 11 is 0. The Labute approximate surface area is 253 Å². The van der Waals surface area contributed by atoms with E-state index >= 15 is 0 Å². The average molecular weight is 593 g/mol. The van der Waals surface area contributed by atoms with E-state index < -0.39 is 35.6 Å². The highest BCUT2D eigenvalue weighted by molar-refractivity contribution is 6.00. The number of aliphatic hydroxyl groups excluding tert-OH is 1. The molecule has 6 atom stereocenters. The molecule has 43 heavy (non-hydrogen) atoms. The summed E-state index contributed by atoms with van der Waals surface area (Å²) < 4.78 is 12.3. The first-order valence-corrected chi connectivity index (χ1v) is 15.7. The van der Waals surface area contributed by atoms with Gasteiger partial charge in [-0.3, -0.25) is 19.3 Å². The first-order valence-electron chi connectivity index (χ1n) is 15.7. The molecule has 5 aliphatic heterocycles. The number of benzene rings is 1. The molecule has 5 heterocycles. The number of nitrogens with zero attached hydrogens (tertiary/aromatic N) is 4. The molecule has 10 nitrogen and oxygen atoms in total. The monoisotopic (exact) mass is 592 g/mol. The number of rotatable bonds is 9. The van der Waals surface area contributed by atoms with Gasteiger partial charge < -0.3 is 29.3 Å². The number of carbonyl (C=O) groups excluding carboxylic acids is 3. The van der Waals surface area contributed by atoms with E-state index in [9.17, 15) is 19.5 Å². The number of amides is 3. The third kappa shape index (κ3) is 5.54. The third-order valence-corrected chi connectivity index (χ3v) is 9.62. The van der Waals surface area contributed by atoms with Gasteiger partial charge in [0.1, 0.15) is 11.6 Å². The fourth-order valence-corrected chi connectivity index (χ4v) is 7.62. The molecular weight excluding hydrogens is 548 g/mol. The highest BCUT2D eigenvalue weighted by Gasteiger charge is 2.72. The second kappa shape index (κ2) is 12.5. The van der Waals surface area contributed by atoms with Crippen LogP contribution in [0.15, 0.2) is 54.6 Å². The minimum Gasteiger partial charge on any atom is -0.394 e. The summed E-state index contributed by atoms with van der Waals surface area (Å²) in [5.41, 5.74) is -0.288. The summed E-state index contributed by atoms with van der Waals surface area (Å²) in [6.45, 7) is 9.25. The Morgan fingerprint density at radius 3 is 2.42 bits per heavy atom. The van der Waals surface area contributed by atoms with Crippen LogP contribution in [0, 0.1) is 17.8 Å². The first kappa shape index (κ1) is 30.0. The van der Waals surface area contributed by atoms with Crippen LogP contribution < -0.4 is 0 Å². The summed E-state index contributed by atoms with van der Waals surface area (Å²) in [5.74, 6) is -2.06. The molecule has 232 valence electrons. The van der Waals surface area contributed by atoms with Gasteiger partial charge in [0.25, 0.3) is 0 Å². The number of likely N-dealkylation sites (tertiary alicyclic amines) is 1. The summed E-state index contributed by atoms with van der Waals surface area (Å²) in [6.07, 6.45) is 7.56. The van der Waals surface area contributed by atoms with E-state index in [-0.39, 0.29) is 30.2 Å². The largest absolute Gasteiger partial charge is 0.394 e. The third-order valence-electron chi connectivity index (χ3n) is 9.62. The maximum atomic E-state index is 14.6. The maximum Gasteiger partial charge on any atom is 0.249 e. The van der Waals surface area contributed by atoms with Gasteiger partial charge in [-0.05, 0) is 17.9 Å². The highest BCUT2D eigenvalue weighted by atomic mass is 16.5. The van der Waals surface area contributed by atoms with Crippen molar-refractivity contribution < 1.29 is 29.0 Å². The lowest BCUT2D eigenvalue weighted by Crippen LogP contribution is -2.59. The summed E-state index contributed by atoms with van der Waals surface area (Å²) in [6, 6.07) is 8.29. The predicted molar refractivity (Wildman–Crippen MR) is 160 cm³/mol. The standard InChI is InChI=1S/C33H44N4O6/c1-23(2)20-25(22-38)37-29-32(41)35(15-14-34-16-18-42-19-17-34)13-7-11-33(29)28(31(37)40)27-26(43-33)10-6-12-36(30(27)39)21-24-8-4-3-5-9-24/h3-11,23,25-29,38H,12-22H2,1-2H3/t25-,26-,27+,28+,29?,33+/m1/s1. The minimum atomic E-state index is -1.29. The molecule has 1 unspecified atom stereocenters. The Morgan fingerprint density at radius 2 is 1.70 bits per heavy atom. The van der Waals surface area contributed by atoms with Crippen molar-refractivity contribution in [2.45, 2.75) is 50.6 Å². The predicted octanol–water partition coefficient (Wildman–Crippen LogP) is 1.30. The molecule has 0 radical (unpaired) electrons. The Kier molecular flexibility index (Phi) is 8.73. The van der Waals surface area contributed by atoms with Crippen molar-refractivity contribution >= 4 is 17.7 Å². The van der Waals surface area contributed by atoms with Gasteiger partial charge in [0.15, 0.2) is 0 Å². The minimum absolute atomic E-state index is 0.145. The zero-order chi connectivity index (χ0) is 30.1. The van der Waals surface area contributed by atoms with E-state index in [1.54, 1.807) is 14.7 Å². The topological polar surface area (TPSA) is 103 Å². The summed E-state index contributed by atoms with van der Waals surface area (Å²) in [4.78, 5) is 50.8. The van der Waals surface area contributed by atoms with E-state index in [1.807, 2.05) is 68.5 Å². The molecular formula is C33H44N4O6. The molecule has 0 saturated carbocycles. The van der Waals surface area contributed by atoms with Crippen molar-refractivity contribution in [2.75, 3.05) is 59.1 Å². The van der Waals surface area contributed by atoms with Crippen LogP contribution in [-0.2, 0) is 30.4 Å². The molecule has 1 aromatic carbocycles. The van der Waals surface area contributed by atoms with E-state index in [2.05, 4.69) is 4.90 Å². The summed E-state index contributed by atoms with van der Waals surface area (Å²) in [7, 11) is 0. The van der Waals surface area contributed by atoms with Crippen LogP contribution in [0.5, 0.6) is 0 Å². The molecule has 5 aliphatic rings. The molecule has 3 fully saturated rings. The number of morpholine rings is 1. The average Bonchev–Trinajstić information content (AvgIpc) is 3.34. The van der Waals surface area contributed by atoms with E-state index in [1.165, 1.54) is 0 Å². The van der Waals surface area contributed by atoms with Gasteiger partial charge >= 0.3 is 0 Å². The molecule has 0 bridgehead atoms. The van der Waals surface area contributed by atoms with Crippen LogP contribution in [0.2, 0.25) is 0 Å². The van der Waals surface area contributed by atoms with Gasteiger partial charge in [-0.2, -0.15) is 0 Å². The van der Waals surface area contributed by atoms with Gasteiger partial charge in [-0.25, -0.2) is 0 Å². The van der Waals surface area contributed by atoms with Crippen molar-refractivity contribution in [1.29, 1.82) is 0 Å². The lowest BCUT2D eigenvalue weighted by molar-refractivity contribution is -0.152. The van der Waals surface area contributed by atoms with Gasteiger partial charge in [0, 0.05) is 45.8 Å². The number of hydrogen-bond acceptors (Lipinski definition) is 7. The van der Waals surface area contributed by atoms with Gasteiger partial charge in [-0.1, -0.05) is 68.5 Å². The molecule has 1 aromatic rings.